The topological polar surface area (TPSA) is 72.5 Å². The number of benzene rings is 2. The molecule has 0 heterocycles. The van der Waals surface area contributed by atoms with E-state index in [0.29, 0.717) is 31.7 Å². The summed E-state index contributed by atoms with van der Waals surface area (Å²) in [6.07, 6.45) is -2.60. The van der Waals surface area contributed by atoms with E-state index in [1.165, 1.54) is 19.2 Å². The van der Waals surface area contributed by atoms with Gasteiger partial charge in [0.2, 0.25) is 0 Å². The third-order valence-electron chi connectivity index (χ3n) is 5.53. The first-order chi connectivity index (χ1) is 15.0. The lowest BCUT2D eigenvalue weighted by Gasteiger charge is -2.29. The fraction of sp³-hybridized carbons (Fsp3) is 0.409. The van der Waals surface area contributed by atoms with E-state index in [9.17, 15) is 30.8 Å². The maximum Gasteiger partial charge on any atom is 0.416 e. The monoisotopic (exact) mass is 473 g/mol. The van der Waals surface area contributed by atoms with E-state index in [0.717, 1.165) is 24.3 Å². The number of hydrogen-bond acceptors (Lipinski definition) is 4. The molecule has 1 fully saturated rings. The van der Waals surface area contributed by atoms with Gasteiger partial charge in [-0.2, -0.15) is 13.2 Å². The highest BCUT2D eigenvalue weighted by Crippen LogP contribution is 2.32. The fourth-order valence-corrected chi connectivity index (χ4v) is 5.57. The Bertz CT molecular complexity index is 1080. The third-order valence-corrected chi connectivity index (χ3v) is 7.41. The van der Waals surface area contributed by atoms with Crippen LogP contribution in [0.15, 0.2) is 47.4 Å². The van der Waals surface area contributed by atoms with Crippen molar-refractivity contribution in [2.75, 3.05) is 12.9 Å². The van der Waals surface area contributed by atoms with Crippen molar-refractivity contribution in [3.8, 4) is 5.75 Å². The van der Waals surface area contributed by atoms with E-state index in [1.807, 2.05) is 0 Å². The minimum absolute atomic E-state index is 0.121. The lowest BCUT2D eigenvalue weighted by molar-refractivity contribution is -0.137. The summed E-state index contributed by atoms with van der Waals surface area (Å²) in [7, 11) is -2.52. The summed E-state index contributed by atoms with van der Waals surface area (Å²) in [5.41, 5.74) is -0.880. The van der Waals surface area contributed by atoms with Gasteiger partial charge in [0.25, 0.3) is 5.91 Å². The van der Waals surface area contributed by atoms with Crippen molar-refractivity contribution in [1.29, 1.82) is 0 Å². The summed E-state index contributed by atoms with van der Waals surface area (Å²) in [6, 6.07) is 7.23. The van der Waals surface area contributed by atoms with E-state index in [-0.39, 0.29) is 33.9 Å². The Hall–Kier alpha value is -2.62. The van der Waals surface area contributed by atoms with E-state index in [1.54, 1.807) is 0 Å². The average Bonchev–Trinajstić information content (AvgIpc) is 2.74. The predicted molar refractivity (Wildman–Crippen MR) is 110 cm³/mol. The molecule has 10 heteroatoms. The Morgan fingerprint density at radius 3 is 2.41 bits per heavy atom. The van der Waals surface area contributed by atoms with Crippen LogP contribution in [0.2, 0.25) is 0 Å². The zero-order valence-corrected chi connectivity index (χ0v) is 18.1. The predicted octanol–water partition coefficient (Wildman–Crippen LogP) is 4.62. The van der Waals surface area contributed by atoms with Crippen LogP contribution in [0.25, 0.3) is 0 Å². The van der Waals surface area contributed by atoms with Crippen LogP contribution in [0.1, 0.15) is 41.6 Å². The molecule has 5 nitrogen and oxygen atoms in total. The minimum Gasteiger partial charge on any atom is -0.497 e. The zero-order valence-electron chi connectivity index (χ0n) is 17.3. The summed E-state index contributed by atoms with van der Waals surface area (Å²) in [5.74, 6) is -1.31. The van der Waals surface area contributed by atoms with Crippen LogP contribution in [-0.2, 0) is 16.0 Å². The average molecular weight is 473 g/mol. The molecular weight excluding hydrogens is 450 g/mol. The second-order valence-electron chi connectivity index (χ2n) is 7.88. The molecule has 0 atom stereocenters. The molecule has 2 aromatic rings. The van der Waals surface area contributed by atoms with Crippen molar-refractivity contribution < 1.29 is 35.5 Å². The highest BCUT2D eigenvalue weighted by molar-refractivity contribution is 7.91. The zero-order chi connectivity index (χ0) is 23.5. The summed E-state index contributed by atoms with van der Waals surface area (Å²) in [6.45, 7) is 0. The fourth-order valence-electron chi connectivity index (χ4n) is 3.83. The third kappa shape index (κ3) is 5.99. The van der Waals surface area contributed by atoms with Gasteiger partial charge in [0.15, 0.2) is 9.84 Å². The molecule has 32 heavy (non-hydrogen) atoms. The van der Waals surface area contributed by atoms with Gasteiger partial charge in [-0.25, -0.2) is 12.8 Å². The number of hydrogen-bond donors (Lipinski definition) is 1. The molecule has 1 amide bonds. The van der Waals surface area contributed by atoms with Gasteiger partial charge in [-0.3, -0.25) is 4.79 Å². The largest absolute Gasteiger partial charge is 0.497 e. The molecule has 3 rings (SSSR count). The van der Waals surface area contributed by atoms with Crippen molar-refractivity contribution in [2.24, 2.45) is 5.92 Å². The summed E-state index contributed by atoms with van der Waals surface area (Å²) in [5, 5.41) is 2.82. The molecule has 1 N–H and O–H groups in total. The first-order valence-electron chi connectivity index (χ1n) is 10.0. The maximum atomic E-state index is 13.6. The van der Waals surface area contributed by atoms with Crippen LogP contribution in [0.4, 0.5) is 17.6 Å². The number of ether oxygens (including phenoxy) is 1. The number of carbonyl (C=O) groups excluding carboxylic acids is 1. The number of amides is 1. The second kappa shape index (κ2) is 9.48. The summed E-state index contributed by atoms with van der Waals surface area (Å²) < 4.78 is 82.5. The first-order valence-corrected chi connectivity index (χ1v) is 11.7. The Morgan fingerprint density at radius 1 is 1.09 bits per heavy atom. The number of halogens is 4. The smallest absolute Gasteiger partial charge is 0.416 e. The SMILES string of the molecule is COc1cc(F)cc(C(=O)N[C@H]2CC[C@@H](CS(=O)(=O)c3cccc(C(F)(F)F)c3)CC2)c1. The molecule has 1 aliphatic carbocycles. The summed E-state index contributed by atoms with van der Waals surface area (Å²) >= 11 is 0. The van der Waals surface area contributed by atoms with Gasteiger partial charge in [0.05, 0.1) is 23.3 Å². The number of alkyl halides is 3. The maximum absolute atomic E-state index is 13.6. The number of sulfone groups is 1. The molecule has 0 aliphatic heterocycles. The Balaban J connectivity index is 1.58. The lowest BCUT2D eigenvalue weighted by atomic mass is 9.87. The summed E-state index contributed by atoms with van der Waals surface area (Å²) in [4.78, 5) is 12.1. The normalized spacial score (nSPS) is 19.4. The Morgan fingerprint density at radius 2 is 1.78 bits per heavy atom. The molecule has 174 valence electrons. The lowest BCUT2D eigenvalue weighted by Crippen LogP contribution is -2.38. The molecule has 1 saturated carbocycles. The second-order valence-corrected chi connectivity index (χ2v) is 9.91. The van der Waals surface area contributed by atoms with Crippen LogP contribution in [-0.4, -0.2) is 33.2 Å². The first kappa shape index (κ1) is 24.0. The van der Waals surface area contributed by atoms with Gasteiger partial charge in [-0.1, -0.05) is 6.07 Å². The molecule has 0 saturated heterocycles. The molecule has 2 aromatic carbocycles. The standard InChI is InChI=1S/C22H23F4NO4S/c1-31-19-10-15(9-17(23)12-19)21(28)27-18-7-5-14(6-8-18)13-32(29,30)20-4-2-3-16(11-20)22(24,25)26/h2-4,9-12,14,18H,5-8,13H2,1H3,(H,27,28)/t14-,18+. The van der Waals surface area contributed by atoms with E-state index in [4.69, 9.17) is 4.74 Å². The van der Waals surface area contributed by atoms with Gasteiger partial charge < -0.3 is 10.1 Å². The van der Waals surface area contributed by atoms with E-state index in [2.05, 4.69) is 5.32 Å². The van der Waals surface area contributed by atoms with Crippen LogP contribution in [0.3, 0.4) is 0 Å². The number of rotatable bonds is 6. The Labute approximate surface area is 183 Å². The van der Waals surface area contributed by atoms with E-state index >= 15 is 0 Å². The molecule has 0 aromatic heterocycles. The van der Waals surface area contributed by atoms with Crippen molar-refractivity contribution >= 4 is 15.7 Å². The van der Waals surface area contributed by atoms with Gasteiger partial charge >= 0.3 is 6.18 Å². The van der Waals surface area contributed by atoms with Gasteiger partial charge in [-0.15, -0.1) is 0 Å². The van der Waals surface area contributed by atoms with Crippen molar-refractivity contribution in [3.05, 3.63) is 59.4 Å². The number of nitrogens with one attached hydrogen (secondary N) is 1. The molecule has 0 spiro atoms. The van der Waals surface area contributed by atoms with Gasteiger partial charge in [0, 0.05) is 17.7 Å². The van der Waals surface area contributed by atoms with Crippen LogP contribution in [0, 0.1) is 11.7 Å². The number of methoxy groups -OCH3 is 1. The van der Waals surface area contributed by atoms with Crippen molar-refractivity contribution in [3.63, 3.8) is 0 Å². The van der Waals surface area contributed by atoms with Crippen LogP contribution in [0.5, 0.6) is 5.75 Å². The molecule has 0 radical (unpaired) electrons. The van der Waals surface area contributed by atoms with Crippen molar-refractivity contribution in [1.82, 2.24) is 5.32 Å². The van der Waals surface area contributed by atoms with Crippen LogP contribution < -0.4 is 10.1 Å². The van der Waals surface area contributed by atoms with Gasteiger partial charge in [0.1, 0.15) is 11.6 Å². The molecule has 0 bridgehead atoms. The van der Waals surface area contributed by atoms with Gasteiger partial charge in [-0.05, 0) is 61.9 Å². The highest BCUT2D eigenvalue weighted by atomic mass is 32.2. The Kier molecular flexibility index (Phi) is 7.12. The quantitative estimate of drug-likeness (QED) is 0.622. The molecule has 0 unspecified atom stereocenters. The van der Waals surface area contributed by atoms with E-state index < -0.39 is 33.3 Å². The molecular formula is C22H23F4NO4S. The highest BCUT2D eigenvalue weighted by Gasteiger charge is 2.33. The van der Waals surface area contributed by atoms with Crippen LogP contribution >= 0.6 is 0 Å². The number of carbonyl (C=O) groups is 1. The molecule has 1 aliphatic rings. The minimum atomic E-state index is -4.62. The van der Waals surface area contributed by atoms with Crippen molar-refractivity contribution in [2.45, 2.75) is 42.8 Å².